The number of carboxylic acid groups (broad SMARTS) is 1. The highest BCUT2D eigenvalue weighted by molar-refractivity contribution is 5.89. The van der Waals surface area contributed by atoms with Gasteiger partial charge in [0.15, 0.2) is 6.10 Å². The van der Waals surface area contributed by atoms with E-state index >= 15 is 0 Å². The third kappa shape index (κ3) is 6.92. The smallest absolute Gasteiger partial charge is 0.335 e. The SMILES string of the molecule is CCOC(=O)[C@H](CCc1ccccc1)N[C@@H](C)C(=O)N1[C@H](C(=O)O[C@@H]2O[C@H](C(=O)O)[C@@H](O)[C@H](O)[C@@H]2O)C[C@@H]2CCC[C@@H]21. The molecule has 4 rings (SSSR count). The number of nitrogens with zero attached hydrogens (tertiary/aromatic N) is 1. The highest BCUT2D eigenvalue weighted by atomic mass is 16.7. The summed E-state index contributed by atoms with van der Waals surface area (Å²) >= 11 is 0. The fourth-order valence-corrected chi connectivity index (χ4v) is 6.22. The van der Waals surface area contributed by atoms with Gasteiger partial charge in [0.1, 0.15) is 30.4 Å². The number of benzene rings is 1. The number of likely N-dealkylation sites (tertiary alicyclic amines) is 1. The Kier molecular flexibility index (Phi) is 10.5. The quantitative estimate of drug-likeness (QED) is 0.212. The number of aliphatic hydroxyl groups excluding tert-OH is 3. The van der Waals surface area contributed by atoms with Crippen molar-refractivity contribution in [2.24, 2.45) is 5.92 Å². The number of aliphatic hydroxyl groups is 3. The first kappa shape index (κ1) is 31.8. The molecule has 0 aromatic heterocycles. The van der Waals surface area contributed by atoms with Crippen LogP contribution in [0.2, 0.25) is 0 Å². The van der Waals surface area contributed by atoms with Gasteiger partial charge in [-0.1, -0.05) is 36.8 Å². The van der Waals surface area contributed by atoms with E-state index in [0.717, 1.165) is 18.4 Å². The van der Waals surface area contributed by atoms with Gasteiger partial charge < -0.3 is 39.5 Å². The zero-order valence-electron chi connectivity index (χ0n) is 23.7. The summed E-state index contributed by atoms with van der Waals surface area (Å²) in [5, 5.41) is 42.7. The number of carbonyl (C=O) groups excluding carboxylic acids is 3. The molecule has 5 N–H and O–H groups in total. The van der Waals surface area contributed by atoms with Gasteiger partial charge in [-0.05, 0) is 57.4 Å². The number of nitrogens with one attached hydrogen (secondary N) is 1. The lowest BCUT2D eigenvalue weighted by molar-refractivity contribution is -0.287. The lowest BCUT2D eigenvalue weighted by atomic mass is 9.99. The first-order valence-electron chi connectivity index (χ1n) is 14.4. The summed E-state index contributed by atoms with van der Waals surface area (Å²) in [6.07, 6.45) is -5.95. The second kappa shape index (κ2) is 13.9. The molecule has 2 saturated heterocycles. The second-order valence-corrected chi connectivity index (χ2v) is 11.1. The summed E-state index contributed by atoms with van der Waals surface area (Å²) in [7, 11) is 0. The number of carbonyl (C=O) groups is 4. The molecule has 13 heteroatoms. The minimum Gasteiger partial charge on any atom is -0.479 e. The summed E-state index contributed by atoms with van der Waals surface area (Å²) in [6, 6.07) is 6.67. The van der Waals surface area contributed by atoms with E-state index in [0.29, 0.717) is 25.7 Å². The number of carboxylic acids is 1. The summed E-state index contributed by atoms with van der Waals surface area (Å²) in [4.78, 5) is 52.9. The van der Waals surface area contributed by atoms with Gasteiger partial charge in [-0.25, -0.2) is 9.59 Å². The summed E-state index contributed by atoms with van der Waals surface area (Å²) in [5.41, 5.74) is 1.03. The highest BCUT2D eigenvalue weighted by Gasteiger charge is 2.53. The molecular formula is C29H40N2O11. The Morgan fingerprint density at radius 3 is 2.45 bits per heavy atom. The number of hydrogen-bond acceptors (Lipinski definition) is 11. The molecule has 0 bridgehead atoms. The Balaban J connectivity index is 1.47. The maximum absolute atomic E-state index is 13.9. The maximum Gasteiger partial charge on any atom is 0.335 e. The minimum atomic E-state index is -1.93. The molecule has 2 aliphatic heterocycles. The molecule has 1 amide bonds. The van der Waals surface area contributed by atoms with Crippen molar-refractivity contribution in [2.45, 2.75) is 107 Å². The Bertz CT molecular complexity index is 1120. The number of amides is 1. The first-order valence-corrected chi connectivity index (χ1v) is 14.4. The molecule has 2 heterocycles. The van der Waals surface area contributed by atoms with Crippen LogP contribution in [0.25, 0.3) is 0 Å². The van der Waals surface area contributed by atoms with Crippen LogP contribution in [0.15, 0.2) is 30.3 Å². The van der Waals surface area contributed by atoms with Crippen LogP contribution in [-0.2, 0) is 39.8 Å². The largest absolute Gasteiger partial charge is 0.479 e. The zero-order chi connectivity index (χ0) is 30.6. The van der Waals surface area contributed by atoms with E-state index in [1.54, 1.807) is 13.8 Å². The number of fused-ring (bicyclic) bond motifs is 1. The van der Waals surface area contributed by atoms with Gasteiger partial charge in [0.25, 0.3) is 0 Å². The highest BCUT2D eigenvalue weighted by Crippen LogP contribution is 2.42. The molecule has 0 spiro atoms. The topological polar surface area (TPSA) is 192 Å². The molecular weight excluding hydrogens is 552 g/mol. The lowest BCUT2D eigenvalue weighted by Crippen LogP contribution is -2.61. The number of aryl methyl sites for hydroxylation is 1. The monoisotopic (exact) mass is 592 g/mol. The Morgan fingerprint density at radius 1 is 1.07 bits per heavy atom. The lowest BCUT2D eigenvalue weighted by Gasteiger charge is -2.39. The molecule has 0 radical (unpaired) electrons. The molecule has 3 aliphatic rings. The summed E-state index contributed by atoms with van der Waals surface area (Å²) in [6.45, 7) is 3.50. The third-order valence-electron chi connectivity index (χ3n) is 8.37. The fraction of sp³-hybridized carbons (Fsp3) is 0.655. The van der Waals surface area contributed by atoms with E-state index in [2.05, 4.69) is 5.32 Å². The Hall–Kier alpha value is -3.10. The number of esters is 2. The normalized spacial score (nSPS) is 32.1. The maximum atomic E-state index is 13.9. The molecule has 13 nitrogen and oxygen atoms in total. The van der Waals surface area contributed by atoms with E-state index in [4.69, 9.17) is 14.2 Å². The third-order valence-corrected chi connectivity index (χ3v) is 8.37. The van der Waals surface area contributed by atoms with E-state index in [1.807, 2.05) is 30.3 Å². The van der Waals surface area contributed by atoms with Crippen LogP contribution in [0, 0.1) is 5.92 Å². The molecule has 232 valence electrons. The van der Waals surface area contributed by atoms with Gasteiger partial charge in [-0.3, -0.25) is 14.9 Å². The van der Waals surface area contributed by atoms with Gasteiger partial charge in [0, 0.05) is 6.04 Å². The average molecular weight is 593 g/mol. The van der Waals surface area contributed by atoms with Crippen LogP contribution in [-0.4, -0.2) is 111 Å². The predicted molar refractivity (Wildman–Crippen MR) is 145 cm³/mol. The van der Waals surface area contributed by atoms with Crippen molar-refractivity contribution in [3.05, 3.63) is 35.9 Å². The number of aliphatic carboxylic acids is 1. The van der Waals surface area contributed by atoms with E-state index in [-0.39, 0.29) is 18.6 Å². The van der Waals surface area contributed by atoms with Gasteiger partial charge >= 0.3 is 17.9 Å². The average Bonchev–Trinajstić information content (AvgIpc) is 3.57. The van der Waals surface area contributed by atoms with Gasteiger partial charge in [-0.15, -0.1) is 0 Å². The van der Waals surface area contributed by atoms with E-state index in [1.165, 1.54) is 4.90 Å². The Morgan fingerprint density at radius 2 is 1.79 bits per heavy atom. The van der Waals surface area contributed by atoms with Crippen molar-refractivity contribution in [3.63, 3.8) is 0 Å². The summed E-state index contributed by atoms with van der Waals surface area (Å²) < 4.78 is 15.7. The zero-order valence-corrected chi connectivity index (χ0v) is 23.7. The van der Waals surface area contributed by atoms with Crippen molar-refractivity contribution in [2.75, 3.05) is 6.61 Å². The molecule has 1 aliphatic carbocycles. The van der Waals surface area contributed by atoms with Crippen LogP contribution in [0.4, 0.5) is 0 Å². The van der Waals surface area contributed by atoms with Gasteiger partial charge in [0.05, 0.1) is 12.6 Å². The number of ether oxygens (including phenoxy) is 3. The van der Waals surface area contributed by atoms with Crippen LogP contribution >= 0.6 is 0 Å². The van der Waals surface area contributed by atoms with Crippen LogP contribution < -0.4 is 5.32 Å². The Labute approximate surface area is 243 Å². The first-order chi connectivity index (χ1) is 20.0. The standard InChI is InChI=1S/C29H40N2O11/c1-3-40-27(38)18(13-12-16-8-5-4-6-9-16)30-15(2)25(35)31-19-11-7-10-17(19)14-20(31)28(39)42-29-23(34)21(32)22(33)24(41-29)26(36)37/h4-6,8-9,15,17-24,29-30,32-34H,3,7,10-14H2,1-2H3,(H,36,37)/t15-,17-,18-,19-,20-,21-,22-,23-,24-,29-/m0/s1. The van der Waals surface area contributed by atoms with Gasteiger partial charge in [-0.2, -0.15) is 0 Å². The van der Waals surface area contributed by atoms with Crippen LogP contribution in [0.5, 0.6) is 0 Å². The second-order valence-electron chi connectivity index (χ2n) is 11.1. The molecule has 3 fully saturated rings. The van der Waals surface area contributed by atoms with Crippen molar-refractivity contribution in [1.29, 1.82) is 0 Å². The van der Waals surface area contributed by atoms with Crippen molar-refractivity contribution in [1.82, 2.24) is 10.2 Å². The summed E-state index contributed by atoms with van der Waals surface area (Å²) in [5.74, 6) is -3.39. The van der Waals surface area contributed by atoms with Crippen LogP contribution in [0.3, 0.4) is 0 Å². The van der Waals surface area contributed by atoms with E-state index in [9.17, 15) is 39.6 Å². The van der Waals surface area contributed by atoms with Gasteiger partial charge in [0.2, 0.25) is 12.2 Å². The minimum absolute atomic E-state index is 0.0361. The predicted octanol–water partition coefficient (Wildman–Crippen LogP) is -0.266. The molecule has 1 aromatic rings. The van der Waals surface area contributed by atoms with E-state index < -0.39 is 72.6 Å². The van der Waals surface area contributed by atoms with Crippen LogP contribution in [0.1, 0.15) is 51.5 Å². The van der Waals surface area contributed by atoms with Crippen molar-refractivity contribution in [3.8, 4) is 0 Å². The number of hydrogen-bond donors (Lipinski definition) is 5. The van der Waals surface area contributed by atoms with Crippen molar-refractivity contribution >= 4 is 23.8 Å². The molecule has 0 unspecified atom stereocenters. The molecule has 10 atom stereocenters. The molecule has 42 heavy (non-hydrogen) atoms. The van der Waals surface area contributed by atoms with Crippen molar-refractivity contribution < 1.29 is 53.8 Å². The molecule has 1 saturated carbocycles. The molecule has 1 aromatic carbocycles. The number of rotatable bonds is 11. The fourth-order valence-electron chi connectivity index (χ4n) is 6.22.